The van der Waals surface area contributed by atoms with E-state index in [4.69, 9.17) is 9.47 Å². The summed E-state index contributed by atoms with van der Waals surface area (Å²) in [5.74, 6) is -0.329. The third-order valence-corrected chi connectivity index (χ3v) is 4.91. The van der Waals surface area contributed by atoms with Crippen LogP contribution in [-0.4, -0.2) is 48.0 Å². The first kappa shape index (κ1) is 17.8. The number of hydrogen-bond acceptors (Lipinski definition) is 6. The van der Waals surface area contributed by atoms with Crippen LogP contribution < -0.4 is 10.2 Å². The molecule has 2 aliphatic rings. The summed E-state index contributed by atoms with van der Waals surface area (Å²) in [6.07, 6.45) is 2.93. The number of benzene rings is 1. The summed E-state index contributed by atoms with van der Waals surface area (Å²) in [5, 5.41) is 2.79. The van der Waals surface area contributed by atoms with Crippen molar-refractivity contribution in [1.29, 1.82) is 0 Å². The third-order valence-electron chi connectivity index (χ3n) is 4.91. The van der Waals surface area contributed by atoms with E-state index in [-0.39, 0.29) is 11.7 Å². The van der Waals surface area contributed by atoms with Crippen molar-refractivity contribution >= 4 is 11.7 Å². The van der Waals surface area contributed by atoms with Gasteiger partial charge >= 0.3 is 0 Å². The fourth-order valence-corrected chi connectivity index (χ4v) is 3.38. The van der Waals surface area contributed by atoms with Gasteiger partial charge in [0, 0.05) is 38.5 Å². The first-order valence-electron chi connectivity index (χ1n) is 9.01. The van der Waals surface area contributed by atoms with Crippen molar-refractivity contribution < 1.29 is 18.7 Å². The van der Waals surface area contributed by atoms with Crippen LogP contribution in [0.1, 0.15) is 28.9 Å². The lowest BCUT2D eigenvalue weighted by atomic mass is 10.0. The second-order valence-corrected chi connectivity index (χ2v) is 6.67. The van der Waals surface area contributed by atoms with Gasteiger partial charge in [0.1, 0.15) is 23.7 Å². The largest absolute Gasteiger partial charge is 0.356 e. The number of anilines is 1. The van der Waals surface area contributed by atoms with Crippen LogP contribution in [0.15, 0.2) is 36.7 Å². The van der Waals surface area contributed by atoms with E-state index < -0.39 is 5.79 Å². The minimum Gasteiger partial charge on any atom is -0.356 e. The maximum atomic E-state index is 12.9. The second-order valence-electron chi connectivity index (χ2n) is 6.67. The Labute approximate surface area is 156 Å². The van der Waals surface area contributed by atoms with E-state index in [1.165, 1.54) is 18.5 Å². The van der Waals surface area contributed by atoms with E-state index in [0.29, 0.717) is 31.3 Å². The fourth-order valence-electron chi connectivity index (χ4n) is 3.38. The van der Waals surface area contributed by atoms with Gasteiger partial charge in [0.05, 0.1) is 13.2 Å². The number of halogens is 1. The molecule has 1 spiro atoms. The Hall–Kier alpha value is -2.58. The van der Waals surface area contributed by atoms with E-state index in [1.54, 1.807) is 18.2 Å². The normalized spacial score (nSPS) is 18.6. The number of nitrogens with zero attached hydrogens (tertiary/aromatic N) is 3. The molecule has 27 heavy (non-hydrogen) atoms. The second kappa shape index (κ2) is 7.58. The molecule has 2 aliphatic heterocycles. The molecular weight excluding hydrogens is 351 g/mol. The van der Waals surface area contributed by atoms with Crippen LogP contribution in [0, 0.1) is 5.82 Å². The van der Waals surface area contributed by atoms with Crippen molar-refractivity contribution in [2.45, 2.75) is 25.2 Å². The molecule has 0 unspecified atom stereocenters. The minimum atomic E-state index is -0.446. The predicted molar refractivity (Wildman–Crippen MR) is 95.7 cm³/mol. The number of carbonyl (C=O) groups is 1. The number of piperidine rings is 1. The van der Waals surface area contributed by atoms with Crippen molar-refractivity contribution in [2.75, 3.05) is 31.2 Å². The monoisotopic (exact) mass is 372 g/mol. The van der Waals surface area contributed by atoms with E-state index in [0.717, 1.165) is 31.5 Å². The number of carbonyl (C=O) groups excluding carboxylic acids is 1. The van der Waals surface area contributed by atoms with Gasteiger partial charge < -0.3 is 19.7 Å². The zero-order valence-corrected chi connectivity index (χ0v) is 14.9. The predicted octanol–water partition coefficient (Wildman–Crippen LogP) is 1.89. The Morgan fingerprint density at radius 1 is 1.15 bits per heavy atom. The summed E-state index contributed by atoms with van der Waals surface area (Å²) < 4.78 is 24.4. The molecule has 0 saturated carbocycles. The van der Waals surface area contributed by atoms with Gasteiger partial charge in [-0.15, -0.1) is 0 Å². The number of rotatable bonds is 4. The Balaban J connectivity index is 1.37. The minimum absolute atomic E-state index is 0.293. The van der Waals surface area contributed by atoms with Gasteiger partial charge in [-0.05, 0) is 17.7 Å². The first-order chi connectivity index (χ1) is 13.1. The zero-order valence-electron chi connectivity index (χ0n) is 14.9. The third kappa shape index (κ3) is 4.06. The molecule has 4 rings (SSSR count). The molecule has 1 N–H and O–H groups in total. The fraction of sp³-hybridized carbons (Fsp3) is 0.421. The molecule has 8 heteroatoms. The highest BCUT2D eigenvalue weighted by Crippen LogP contribution is 2.32. The molecule has 0 aliphatic carbocycles. The number of aromatic nitrogens is 2. The Kier molecular flexibility index (Phi) is 5.00. The lowest BCUT2D eigenvalue weighted by Gasteiger charge is -2.38. The quantitative estimate of drug-likeness (QED) is 0.883. The Morgan fingerprint density at radius 2 is 1.85 bits per heavy atom. The lowest BCUT2D eigenvalue weighted by Crippen LogP contribution is -2.45. The van der Waals surface area contributed by atoms with Crippen molar-refractivity contribution in [3.63, 3.8) is 0 Å². The summed E-state index contributed by atoms with van der Waals surface area (Å²) in [5.41, 5.74) is 1.12. The van der Waals surface area contributed by atoms with E-state index in [2.05, 4.69) is 20.2 Å². The SMILES string of the molecule is O=C(NCc1ccc(F)cc1)c1cc(N2CCC3(CC2)OCCO3)ncn1. The van der Waals surface area contributed by atoms with Gasteiger partial charge in [-0.25, -0.2) is 14.4 Å². The highest BCUT2D eigenvalue weighted by Gasteiger charge is 2.40. The lowest BCUT2D eigenvalue weighted by molar-refractivity contribution is -0.169. The summed E-state index contributed by atoms with van der Waals surface area (Å²) in [4.78, 5) is 22.9. The van der Waals surface area contributed by atoms with Gasteiger partial charge in [-0.2, -0.15) is 0 Å². The van der Waals surface area contributed by atoms with E-state index in [9.17, 15) is 9.18 Å². The molecule has 2 fully saturated rings. The molecule has 3 heterocycles. The molecule has 1 amide bonds. The average molecular weight is 372 g/mol. The van der Waals surface area contributed by atoms with Crippen molar-refractivity contribution in [1.82, 2.24) is 15.3 Å². The van der Waals surface area contributed by atoms with Crippen LogP contribution in [0.3, 0.4) is 0 Å². The molecule has 0 bridgehead atoms. The van der Waals surface area contributed by atoms with Crippen molar-refractivity contribution in [3.05, 3.63) is 53.7 Å². The smallest absolute Gasteiger partial charge is 0.270 e. The number of hydrogen-bond donors (Lipinski definition) is 1. The van der Waals surface area contributed by atoms with Crippen LogP contribution in [0.5, 0.6) is 0 Å². The zero-order chi connectivity index (χ0) is 18.7. The van der Waals surface area contributed by atoms with Gasteiger partial charge in [0.2, 0.25) is 0 Å². The summed E-state index contributed by atoms with van der Waals surface area (Å²) >= 11 is 0. The summed E-state index contributed by atoms with van der Waals surface area (Å²) in [6.45, 7) is 3.08. The summed E-state index contributed by atoms with van der Waals surface area (Å²) in [6, 6.07) is 7.69. The van der Waals surface area contributed by atoms with Gasteiger partial charge in [-0.1, -0.05) is 12.1 Å². The molecule has 142 valence electrons. The van der Waals surface area contributed by atoms with Crippen LogP contribution in [-0.2, 0) is 16.0 Å². The van der Waals surface area contributed by atoms with Crippen LogP contribution in [0.2, 0.25) is 0 Å². The molecule has 0 radical (unpaired) electrons. The van der Waals surface area contributed by atoms with Crippen LogP contribution >= 0.6 is 0 Å². The highest BCUT2D eigenvalue weighted by atomic mass is 19.1. The topological polar surface area (TPSA) is 76.6 Å². The van der Waals surface area contributed by atoms with Gasteiger partial charge in [0.25, 0.3) is 5.91 Å². The highest BCUT2D eigenvalue weighted by molar-refractivity contribution is 5.92. The van der Waals surface area contributed by atoms with Crippen molar-refractivity contribution in [2.24, 2.45) is 0 Å². The van der Waals surface area contributed by atoms with Gasteiger partial charge in [0.15, 0.2) is 5.79 Å². The molecule has 2 saturated heterocycles. The van der Waals surface area contributed by atoms with E-state index in [1.807, 2.05) is 0 Å². The number of nitrogens with one attached hydrogen (secondary N) is 1. The van der Waals surface area contributed by atoms with Crippen LogP contribution in [0.4, 0.5) is 10.2 Å². The molecule has 7 nitrogen and oxygen atoms in total. The molecule has 1 aromatic heterocycles. The molecule has 2 aromatic rings. The first-order valence-corrected chi connectivity index (χ1v) is 9.01. The Bertz CT molecular complexity index is 799. The number of amides is 1. The molecule has 1 aromatic carbocycles. The van der Waals surface area contributed by atoms with E-state index >= 15 is 0 Å². The molecular formula is C19H21FN4O3. The van der Waals surface area contributed by atoms with Crippen molar-refractivity contribution in [3.8, 4) is 0 Å². The van der Waals surface area contributed by atoms with Crippen LogP contribution in [0.25, 0.3) is 0 Å². The standard InChI is InChI=1S/C19H21FN4O3/c20-15-3-1-14(2-4-15)12-21-18(25)16-11-17(23-13-22-16)24-7-5-19(6-8-24)26-9-10-27-19/h1-4,11,13H,5-10,12H2,(H,21,25). The molecule has 0 atom stereocenters. The summed E-state index contributed by atoms with van der Waals surface area (Å²) in [7, 11) is 0. The Morgan fingerprint density at radius 3 is 2.56 bits per heavy atom. The average Bonchev–Trinajstić information content (AvgIpc) is 3.16. The maximum absolute atomic E-state index is 12.9. The number of ether oxygens (including phenoxy) is 2. The van der Waals surface area contributed by atoms with Gasteiger partial charge in [-0.3, -0.25) is 4.79 Å². The maximum Gasteiger partial charge on any atom is 0.270 e.